The van der Waals surface area contributed by atoms with E-state index in [4.69, 9.17) is 4.74 Å². The van der Waals surface area contributed by atoms with Gasteiger partial charge in [-0.15, -0.1) is 0 Å². The summed E-state index contributed by atoms with van der Waals surface area (Å²) in [6.07, 6.45) is 2.34. The summed E-state index contributed by atoms with van der Waals surface area (Å²) in [7, 11) is 0. The van der Waals surface area contributed by atoms with Crippen LogP contribution in [0.15, 0.2) is 35.4 Å². The molecule has 3 aromatic rings. The number of rotatable bonds is 7. The molecule has 2 aromatic heterocycles. The maximum atomic E-state index is 12.6. The Morgan fingerprint density at radius 1 is 1.36 bits per heavy atom. The van der Waals surface area contributed by atoms with Gasteiger partial charge in [0.15, 0.2) is 0 Å². The number of hydrogen-bond donors (Lipinski definition) is 2. The summed E-state index contributed by atoms with van der Waals surface area (Å²) in [6.45, 7) is 5.00. The van der Waals surface area contributed by atoms with Crippen molar-refractivity contribution < 1.29 is 9.53 Å². The topological polar surface area (TPSA) is 89.0 Å². The van der Waals surface area contributed by atoms with Gasteiger partial charge in [-0.05, 0) is 26.3 Å². The van der Waals surface area contributed by atoms with E-state index >= 15 is 0 Å². The number of carbonyl (C=O) groups excluding carboxylic acids is 1. The molecule has 0 unspecified atom stereocenters. The van der Waals surface area contributed by atoms with Crippen molar-refractivity contribution >= 4 is 27.8 Å². The van der Waals surface area contributed by atoms with E-state index < -0.39 is 0 Å². The Hall–Kier alpha value is -2.67. The lowest BCUT2D eigenvalue weighted by molar-refractivity contribution is -0.121. The van der Waals surface area contributed by atoms with E-state index in [9.17, 15) is 9.59 Å². The summed E-state index contributed by atoms with van der Waals surface area (Å²) < 4.78 is 6.73. The number of para-hydroxylation sites is 1. The highest BCUT2D eigenvalue weighted by molar-refractivity contribution is 6.04. The SMILES string of the molecule is CC(C)OCCCNC(=O)Cn1cnc2c([nH]c3ccccc32)c1=O. The van der Waals surface area contributed by atoms with Gasteiger partial charge < -0.3 is 15.0 Å². The van der Waals surface area contributed by atoms with Gasteiger partial charge in [-0.1, -0.05) is 18.2 Å². The number of ether oxygens (including phenoxy) is 1. The number of nitrogens with one attached hydrogen (secondary N) is 2. The zero-order valence-corrected chi connectivity index (χ0v) is 14.4. The maximum Gasteiger partial charge on any atom is 0.278 e. The first-order valence-electron chi connectivity index (χ1n) is 8.40. The fourth-order valence-electron chi connectivity index (χ4n) is 2.68. The van der Waals surface area contributed by atoms with Gasteiger partial charge >= 0.3 is 0 Å². The lowest BCUT2D eigenvalue weighted by Crippen LogP contribution is -2.33. The predicted molar refractivity (Wildman–Crippen MR) is 96.6 cm³/mol. The molecule has 0 bridgehead atoms. The number of nitrogens with zero attached hydrogens (tertiary/aromatic N) is 2. The standard InChI is InChI=1S/C18H22N4O3/c1-12(2)25-9-5-8-19-15(23)10-22-11-20-16-13-6-3-4-7-14(13)21-17(16)18(22)24/h3-4,6-7,11-12,21H,5,8-10H2,1-2H3,(H,19,23). The fraction of sp³-hybridized carbons (Fsp3) is 0.389. The molecule has 0 atom stereocenters. The molecule has 3 rings (SSSR count). The van der Waals surface area contributed by atoms with Gasteiger partial charge in [0.25, 0.3) is 5.56 Å². The van der Waals surface area contributed by atoms with E-state index in [0.29, 0.717) is 24.2 Å². The second-order valence-electron chi connectivity index (χ2n) is 6.19. The summed E-state index contributed by atoms with van der Waals surface area (Å²) >= 11 is 0. The van der Waals surface area contributed by atoms with Crippen LogP contribution in [0.25, 0.3) is 21.9 Å². The summed E-state index contributed by atoms with van der Waals surface area (Å²) in [5.41, 5.74) is 1.65. The lowest BCUT2D eigenvalue weighted by Gasteiger charge is -2.09. The number of fused-ring (bicyclic) bond motifs is 3. The van der Waals surface area contributed by atoms with Crippen molar-refractivity contribution in [2.75, 3.05) is 13.2 Å². The largest absolute Gasteiger partial charge is 0.379 e. The van der Waals surface area contributed by atoms with E-state index in [-0.39, 0.29) is 24.1 Å². The Morgan fingerprint density at radius 3 is 2.96 bits per heavy atom. The highest BCUT2D eigenvalue weighted by atomic mass is 16.5. The van der Waals surface area contributed by atoms with E-state index in [0.717, 1.165) is 17.3 Å². The third-order valence-electron chi connectivity index (χ3n) is 3.89. The fourth-order valence-corrected chi connectivity index (χ4v) is 2.68. The highest BCUT2D eigenvalue weighted by Gasteiger charge is 2.12. The van der Waals surface area contributed by atoms with Crippen molar-refractivity contribution in [2.45, 2.75) is 32.9 Å². The van der Waals surface area contributed by atoms with E-state index in [2.05, 4.69) is 15.3 Å². The average molecular weight is 342 g/mol. The molecule has 0 fully saturated rings. The molecule has 2 N–H and O–H groups in total. The zero-order valence-electron chi connectivity index (χ0n) is 14.4. The molecular formula is C18H22N4O3. The van der Waals surface area contributed by atoms with Crippen molar-refractivity contribution in [1.29, 1.82) is 0 Å². The molecule has 0 saturated heterocycles. The molecule has 2 heterocycles. The smallest absolute Gasteiger partial charge is 0.278 e. The molecule has 0 spiro atoms. The summed E-state index contributed by atoms with van der Waals surface area (Å²) in [6, 6.07) is 7.61. The first-order valence-corrected chi connectivity index (χ1v) is 8.40. The monoisotopic (exact) mass is 342 g/mol. The van der Waals surface area contributed by atoms with Gasteiger partial charge in [-0.2, -0.15) is 0 Å². The van der Waals surface area contributed by atoms with Crippen LogP contribution in [0.5, 0.6) is 0 Å². The number of aromatic amines is 1. The lowest BCUT2D eigenvalue weighted by atomic mass is 10.2. The molecule has 7 heteroatoms. The first-order chi connectivity index (χ1) is 12.1. The van der Waals surface area contributed by atoms with Gasteiger partial charge in [0.1, 0.15) is 17.6 Å². The van der Waals surface area contributed by atoms with Gasteiger partial charge in [0.05, 0.1) is 12.4 Å². The Balaban J connectivity index is 1.67. The van der Waals surface area contributed by atoms with Crippen molar-refractivity contribution in [3.05, 3.63) is 40.9 Å². The van der Waals surface area contributed by atoms with Crippen molar-refractivity contribution in [3.63, 3.8) is 0 Å². The number of aromatic nitrogens is 3. The number of hydrogen-bond acceptors (Lipinski definition) is 4. The zero-order chi connectivity index (χ0) is 17.8. The summed E-state index contributed by atoms with van der Waals surface area (Å²) in [4.78, 5) is 32.0. The van der Waals surface area contributed by atoms with Crippen LogP contribution >= 0.6 is 0 Å². The second-order valence-corrected chi connectivity index (χ2v) is 6.19. The van der Waals surface area contributed by atoms with Gasteiger partial charge in [0, 0.05) is 24.1 Å². The van der Waals surface area contributed by atoms with E-state index in [1.807, 2.05) is 38.1 Å². The third kappa shape index (κ3) is 3.88. The second kappa shape index (κ2) is 7.48. The summed E-state index contributed by atoms with van der Waals surface area (Å²) in [5.74, 6) is -0.219. The number of amides is 1. The molecule has 0 aliphatic rings. The number of carbonyl (C=O) groups is 1. The van der Waals surface area contributed by atoms with Crippen LogP contribution in [0.3, 0.4) is 0 Å². The maximum absolute atomic E-state index is 12.6. The molecule has 0 aliphatic carbocycles. The predicted octanol–water partition coefficient (Wildman–Crippen LogP) is 1.81. The Labute approximate surface area is 145 Å². The van der Waals surface area contributed by atoms with Gasteiger partial charge in [-0.25, -0.2) is 4.98 Å². The van der Waals surface area contributed by atoms with Crippen LogP contribution in [-0.4, -0.2) is 39.7 Å². The molecule has 1 amide bonds. The molecule has 132 valence electrons. The van der Waals surface area contributed by atoms with E-state index in [1.165, 1.54) is 10.9 Å². The number of H-pyrrole nitrogens is 1. The van der Waals surface area contributed by atoms with Crippen molar-refractivity contribution in [3.8, 4) is 0 Å². The van der Waals surface area contributed by atoms with Gasteiger partial charge in [-0.3, -0.25) is 14.2 Å². The quantitative estimate of drug-likeness (QED) is 0.641. The van der Waals surface area contributed by atoms with Crippen LogP contribution in [-0.2, 0) is 16.1 Å². The van der Waals surface area contributed by atoms with Gasteiger partial charge in [0.2, 0.25) is 5.91 Å². The third-order valence-corrected chi connectivity index (χ3v) is 3.89. The van der Waals surface area contributed by atoms with Crippen LogP contribution in [0.4, 0.5) is 0 Å². The van der Waals surface area contributed by atoms with Crippen LogP contribution in [0.1, 0.15) is 20.3 Å². The van der Waals surface area contributed by atoms with Crippen LogP contribution in [0, 0.1) is 0 Å². The van der Waals surface area contributed by atoms with Crippen LogP contribution in [0.2, 0.25) is 0 Å². The van der Waals surface area contributed by atoms with Crippen molar-refractivity contribution in [2.24, 2.45) is 0 Å². The minimum absolute atomic E-state index is 0.0534. The molecule has 0 aliphatic heterocycles. The number of benzene rings is 1. The Bertz CT molecular complexity index is 942. The molecule has 1 aromatic carbocycles. The Morgan fingerprint density at radius 2 is 2.16 bits per heavy atom. The van der Waals surface area contributed by atoms with Crippen molar-refractivity contribution in [1.82, 2.24) is 19.9 Å². The Kier molecular flexibility index (Phi) is 5.14. The average Bonchev–Trinajstić information content (AvgIpc) is 2.96. The molecule has 0 radical (unpaired) electrons. The molecule has 0 saturated carbocycles. The normalized spacial score (nSPS) is 11.5. The van der Waals surface area contributed by atoms with Crippen LogP contribution < -0.4 is 10.9 Å². The minimum atomic E-state index is -0.250. The highest BCUT2D eigenvalue weighted by Crippen LogP contribution is 2.20. The first kappa shape index (κ1) is 17.2. The minimum Gasteiger partial charge on any atom is -0.379 e. The molecule has 7 nitrogen and oxygen atoms in total. The molecular weight excluding hydrogens is 320 g/mol. The van der Waals surface area contributed by atoms with E-state index in [1.54, 1.807) is 0 Å². The summed E-state index contributed by atoms with van der Waals surface area (Å²) in [5, 5.41) is 3.69. The molecule has 25 heavy (non-hydrogen) atoms.